The third-order valence-corrected chi connectivity index (χ3v) is 2.36. The van der Waals surface area contributed by atoms with E-state index in [0.717, 1.165) is 10.0 Å². The fourth-order valence-electron chi connectivity index (χ4n) is 1.16. The summed E-state index contributed by atoms with van der Waals surface area (Å²) in [6.07, 6.45) is -0.637. The molecule has 0 radical (unpaired) electrons. The minimum absolute atomic E-state index is 0.0745. The van der Waals surface area contributed by atoms with Crippen molar-refractivity contribution in [1.29, 1.82) is 0 Å². The number of benzene rings is 1. The number of hydrogen-bond donors (Lipinski definition) is 3. The van der Waals surface area contributed by atoms with Crippen molar-refractivity contribution >= 4 is 21.8 Å². The number of nitrogens with one attached hydrogen (secondary N) is 1. The van der Waals surface area contributed by atoms with Crippen LogP contribution < -0.4 is 11.1 Å². The highest BCUT2D eigenvalue weighted by atomic mass is 79.9. The number of halogens is 1. The van der Waals surface area contributed by atoms with E-state index in [1.54, 1.807) is 0 Å². The summed E-state index contributed by atoms with van der Waals surface area (Å²) >= 11 is 3.32. The lowest BCUT2D eigenvalue weighted by molar-refractivity contribution is -0.117. The second kappa shape index (κ2) is 5.85. The fraction of sp³-hybridized carbons (Fsp3) is 0.300. The molecule has 1 amide bonds. The van der Waals surface area contributed by atoms with Crippen molar-refractivity contribution in [2.75, 3.05) is 13.1 Å². The van der Waals surface area contributed by atoms with Crippen LogP contribution in [0.2, 0.25) is 0 Å². The van der Waals surface area contributed by atoms with Crippen LogP contribution in [0.4, 0.5) is 0 Å². The molecule has 15 heavy (non-hydrogen) atoms. The first kappa shape index (κ1) is 12.2. The van der Waals surface area contributed by atoms with Gasteiger partial charge in [0.1, 0.15) is 0 Å². The number of primary amides is 1. The van der Waals surface area contributed by atoms with Crippen LogP contribution in [0.15, 0.2) is 28.7 Å². The van der Waals surface area contributed by atoms with E-state index in [1.165, 1.54) is 0 Å². The highest BCUT2D eigenvalue weighted by Gasteiger charge is 2.07. The molecule has 0 saturated heterocycles. The number of nitrogens with two attached hydrogens (primary N) is 1. The molecule has 0 aliphatic heterocycles. The lowest BCUT2D eigenvalue weighted by Crippen LogP contribution is -2.31. The van der Waals surface area contributed by atoms with Crippen molar-refractivity contribution in [3.63, 3.8) is 0 Å². The number of hydrogen-bond acceptors (Lipinski definition) is 3. The Hall–Kier alpha value is -0.910. The maximum absolute atomic E-state index is 10.4. The molecule has 1 unspecified atom stereocenters. The first-order valence-electron chi connectivity index (χ1n) is 4.52. The van der Waals surface area contributed by atoms with Gasteiger partial charge in [-0.1, -0.05) is 28.1 Å². The lowest BCUT2D eigenvalue weighted by Gasteiger charge is -2.11. The topological polar surface area (TPSA) is 75.4 Å². The highest BCUT2D eigenvalue weighted by Crippen LogP contribution is 2.17. The first-order valence-corrected chi connectivity index (χ1v) is 5.31. The van der Waals surface area contributed by atoms with Gasteiger partial charge < -0.3 is 16.2 Å². The van der Waals surface area contributed by atoms with E-state index in [2.05, 4.69) is 21.2 Å². The maximum Gasteiger partial charge on any atom is 0.231 e. The molecule has 1 rings (SSSR count). The molecule has 0 spiro atoms. The Balaban J connectivity index is 2.46. The van der Waals surface area contributed by atoms with Crippen LogP contribution in [-0.2, 0) is 4.79 Å². The molecular weight excluding hydrogens is 260 g/mol. The first-order chi connectivity index (χ1) is 7.09. The third-order valence-electron chi connectivity index (χ3n) is 1.87. The van der Waals surface area contributed by atoms with Crippen LogP contribution in [0.5, 0.6) is 0 Å². The maximum atomic E-state index is 10.4. The zero-order valence-electron chi connectivity index (χ0n) is 8.11. The Morgan fingerprint density at radius 3 is 2.93 bits per heavy atom. The number of rotatable bonds is 5. The van der Waals surface area contributed by atoms with Gasteiger partial charge in [-0.25, -0.2) is 0 Å². The molecule has 5 heteroatoms. The molecule has 1 aromatic rings. The number of amides is 1. The van der Waals surface area contributed by atoms with Crippen LogP contribution in [0.3, 0.4) is 0 Å². The Bertz CT molecular complexity index is 344. The van der Waals surface area contributed by atoms with E-state index in [-0.39, 0.29) is 6.54 Å². The van der Waals surface area contributed by atoms with E-state index in [0.29, 0.717) is 6.54 Å². The summed E-state index contributed by atoms with van der Waals surface area (Å²) in [5.41, 5.74) is 5.74. The number of carbonyl (C=O) groups excluding carboxylic acids is 1. The Morgan fingerprint density at radius 1 is 1.60 bits per heavy atom. The van der Waals surface area contributed by atoms with Crippen LogP contribution in [0, 0.1) is 0 Å². The summed E-state index contributed by atoms with van der Waals surface area (Å²) < 4.78 is 0.911. The Labute approximate surface area is 96.6 Å². The van der Waals surface area contributed by atoms with Gasteiger partial charge in [0.25, 0.3) is 0 Å². The van der Waals surface area contributed by atoms with Crippen molar-refractivity contribution in [3.8, 4) is 0 Å². The van der Waals surface area contributed by atoms with Gasteiger partial charge in [0.2, 0.25) is 5.91 Å². The second-order valence-corrected chi connectivity index (χ2v) is 4.08. The van der Waals surface area contributed by atoms with E-state index >= 15 is 0 Å². The Morgan fingerprint density at radius 2 is 2.33 bits per heavy atom. The average molecular weight is 273 g/mol. The minimum atomic E-state index is -0.637. The van der Waals surface area contributed by atoms with Crippen LogP contribution in [0.25, 0.3) is 0 Å². The smallest absolute Gasteiger partial charge is 0.231 e. The number of aliphatic hydroxyl groups is 1. The SMILES string of the molecule is NC(=O)CNCC(O)c1cccc(Br)c1. The van der Waals surface area contributed by atoms with Gasteiger partial charge in [-0.05, 0) is 17.7 Å². The summed E-state index contributed by atoms with van der Waals surface area (Å²) in [6, 6.07) is 7.38. The van der Waals surface area contributed by atoms with Crippen LogP contribution >= 0.6 is 15.9 Å². The van der Waals surface area contributed by atoms with Crippen molar-refractivity contribution < 1.29 is 9.90 Å². The molecule has 0 fully saturated rings. The van der Waals surface area contributed by atoms with Gasteiger partial charge in [-0.2, -0.15) is 0 Å². The molecular formula is C10H13BrN2O2. The third kappa shape index (κ3) is 4.42. The van der Waals surface area contributed by atoms with Crippen molar-refractivity contribution in [2.24, 2.45) is 5.73 Å². The summed E-state index contributed by atoms with van der Waals surface area (Å²) in [5.74, 6) is -0.434. The molecule has 1 atom stereocenters. The van der Waals surface area contributed by atoms with Crippen molar-refractivity contribution in [2.45, 2.75) is 6.10 Å². The standard InChI is InChI=1S/C10H13BrN2O2/c11-8-3-1-2-7(4-8)9(14)5-13-6-10(12)15/h1-4,9,13-14H,5-6H2,(H2,12,15). The summed E-state index contributed by atoms with van der Waals surface area (Å²) in [7, 11) is 0. The van der Waals surface area contributed by atoms with Gasteiger partial charge in [0.05, 0.1) is 12.6 Å². The molecule has 0 bridgehead atoms. The normalized spacial score (nSPS) is 12.4. The van der Waals surface area contributed by atoms with Gasteiger partial charge in [0.15, 0.2) is 0 Å². The van der Waals surface area contributed by atoms with Crippen molar-refractivity contribution in [3.05, 3.63) is 34.3 Å². The number of carbonyl (C=O) groups is 1. The molecule has 1 aromatic carbocycles. The molecule has 0 aromatic heterocycles. The number of aliphatic hydroxyl groups excluding tert-OH is 1. The quantitative estimate of drug-likeness (QED) is 0.733. The predicted molar refractivity (Wildman–Crippen MR) is 61.2 cm³/mol. The molecule has 4 nitrogen and oxygen atoms in total. The molecule has 0 heterocycles. The monoisotopic (exact) mass is 272 g/mol. The van der Waals surface area contributed by atoms with E-state index in [4.69, 9.17) is 5.73 Å². The van der Waals surface area contributed by atoms with Crippen LogP contribution in [-0.4, -0.2) is 24.1 Å². The molecule has 82 valence electrons. The Kier molecular flexibility index (Phi) is 4.74. The zero-order chi connectivity index (χ0) is 11.3. The van der Waals surface area contributed by atoms with Crippen molar-refractivity contribution in [1.82, 2.24) is 5.32 Å². The zero-order valence-corrected chi connectivity index (χ0v) is 9.70. The molecule has 0 saturated carbocycles. The summed E-state index contributed by atoms with van der Waals surface area (Å²) in [5, 5.41) is 12.5. The van der Waals surface area contributed by atoms with E-state index in [9.17, 15) is 9.90 Å². The van der Waals surface area contributed by atoms with E-state index in [1.807, 2.05) is 24.3 Å². The lowest BCUT2D eigenvalue weighted by atomic mass is 10.1. The van der Waals surface area contributed by atoms with Gasteiger partial charge in [-0.3, -0.25) is 4.79 Å². The molecule has 4 N–H and O–H groups in total. The molecule has 0 aliphatic carbocycles. The van der Waals surface area contributed by atoms with Gasteiger partial charge >= 0.3 is 0 Å². The second-order valence-electron chi connectivity index (χ2n) is 3.17. The largest absolute Gasteiger partial charge is 0.387 e. The predicted octanol–water partition coefficient (Wildman–Crippen LogP) is 0.557. The van der Waals surface area contributed by atoms with Crippen LogP contribution in [0.1, 0.15) is 11.7 Å². The van der Waals surface area contributed by atoms with Gasteiger partial charge in [0, 0.05) is 11.0 Å². The fourth-order valence-corrected chi connectivity index (χ4v) is 1.58. The summed E-state index contributed by atoms with van der Waals surface area (Å²) in [4.78, 5) is 10.4. The van der Waals surface area contributed by atoms with Gasteiger partial charge in [-0.15, -0.1) is 0 Å². The van der Waals surface area contributed by atoms with E-state index < -0.39 is 12.0 Å². The summed E-state index contributed by atoms with van der Waals surface area (Å²) in [6.45, 7) is 0.379. The highest BCUT2D eigenvalue weighted by molar-refractivity contribution is 9.10. The average Bonchev–Trinajstić information content (AvgIpc) is 2.17. The minimum Gasteiger partial charge on any atom is -0.387 e. The molecule has 0 aliphatic rings.